The Morgan fingerprint density at radius 3 is 0.882 bits per heavy atom. The molecule has 0 spiro atoms. The summed E-state index contributed by atoms with van der Waals surface area (Å²) in [5.74, 6) is -0.0240. The minimum absolute atomic E-state index is 0.0240. The molecule has 0 aromatic rings. The fourth-order valence-electron chi connectivity index (χ4n) is 10.2. The molecule has 0 radical (unpaired) electrons. The van der Waals surface area contributed by atoms with Gasteiger partial charge in [0.1, 0.15) is 0 Å². The average molecular weight is 957 g/mol. The monoisotopic (exact) mass is 956 g/mol. The molecule has 0 aliphatic rings. The van der Waals surface area contributed by atoms with E-state index < -0.39 is 12.1 Å². The lowest BCUT2D eigenvalue weighted by molar-refractivity contribution is -0.123. The van der Waals surface area contributed by atoms with Gasteiger partial charge in [-0.3, -0.25) is 4.79 Å². The molecule has 0 bridgehead atoms. The van der Waals surface area contributed by atoms with Crippen LogP contribution in [0.15, 0.2) is 24.3 Å². The van der Waals surface area contributed by atoms with E-state index in [2.05, 4.69) is 43.5 Å². The molecule has 0 saturated heterocycles. The number of nitrogens with one attached hydrogen (secondary N) is 1. The van der Waals surface area contributed by atoms with Gasteiger partial charge in [0.05, 0.1) is 18.8 Å². The Labute approximate surface area is 428 Å². The van der Waals surface area contributed by atoms with Gasteiger partial charge in [0.25, 0.3) is 0 Å². The molecule has 0 fully saturated rings. The molecular formula is C64H125NO3. The molecule has 0 aliphatic heterocycles. The minimum Gasteiger partial charge on any atom is -0.394 e. The summed E-state index contributed by atoms with van der Waals surface area (Å²) in [6, 6.07) is -0.535. The van der Waals surface area contributed by atoms with E-state index in [9.17, 15) is 15.0 Å². The van der Waals surface area contributed by atoms with Gasteiger partial charge < -0.3 is 15.5 Å². The highest BCUT2D eigenvalue weighted by molar-refractivity contribution is 5.76. The topological polar surface area (TPSA) is 69.6 Å². The summed E-state index contributed by atoms with van der Waals surface area (Å²) in [6.45, 7) is 4.40. The molecule has 0 aromatic carbocycles. The molecule has 3 N–H and O–H groups in total. The Morgan fingerprint density at radius 1 is 0.353 bits per heavy atom. The first kappa shape index (κ1) is 66.9. The summed E-state index contributed by atoms with van der Waals surface area (Å²) < 4.78 is 0. The largest absolute Gasteiger partial charge is 0.394 e. The van der Waals surface area contributed by atoms with Gasteiger partial charge in [-0.1, -0.05) is 334 Å². The van der Waals surface area contributed by atoms with Crippen LogP contribution in [-0.4, -0.2) is 34.9 Å². The van der Waals surface area contributed by atoms with E-state index in [-0.39, 0.29) is 12.5 Å². The Hall–Kier alpha value is -1.13. The number of rotatable bonds is 59. The Kier molecular flexibility index (Phi) is 59.2. The fraction of sp³-hybridized carbons (Fsp3) is 0.922. The standard InChI is InChI=1S/C64H125NO3/c1-3-5-7-9-11-13-15-17-19-21-23-25-27-28-29-30-31-32-33-34-35-36-38-40-42-44-46-48-50-52-54-56-58-60-64(68)65-62(61-66)63(67)59-57-55-53-51-49-47-45-43-41-39-37-26-24-22-20-18-16-14-12-10-8-6-4-2/h23,25,28-29,62-63,66-67H,3-22,24,26-27,30-61H2,1-2H3,(H,65,68)/b25-23-,29-28-. The van der Waals surface area contributed by atoms with Crippen LogP contribution in [-0.2, 0) is 4.79 Å². The molecule has 0 rings (SSSR count). The van der Waals surface area contributed by atoms with Crippen LogP contribution in [0.4, 0.5) is 0 Å². The molecule has 2 atom stereocenters. The normalized spacial score (nSPS) is 12.8. The predicted molar refractivity (Wildman–Crippen MR) is 304 cm³/mol. The van der Waals surface area contributed by atoms with Gasteiger partial charge >= 0.3 is 0 Å². The van der Waals surface area contributed by atoms with E-state index >= 15 is 0 Å². The second-order valence-corrected chi connectivity index (χ2v) is 21.8. The number of aliphatic hydroxyl groups is 2. The number of carbonyl (C=O) groups is 1. The number of aliphatic hydroxyl groups excluding tert-OH is 2. The fourth-order valence-corrected chi connectivity index (χ4v) is 10.2. The van der Waals surface area contributed by atoms with Crippen molar-refractivity contribution < 1.29 is 15.0 Å². The van der Waals surface area contributed by atoms with Gasteiger partial charge in [0, 0.05) is 6.42 Å². The lowest BCUT2D eigenvalue weighted by atomic mass is 10.0. The van der Waals surface area contributed by atoms with Crippen molar-refractivity contribution in [3.8, 4) is 0 Å². The van der Waals surface area contributed by atoms with Crippen molar-refractivity contribution in [1.82, 2.24) is 5.32 Å². The summed E-state index contributed by atoms with van der Waals surface area (Å²) in [5, 5.41) is 23.4. The zero-order valence-electron chi connectivity index (χ0n) is 46.7. The number of carbonyl (C=O) groups excluding carboxylic acids is 1. The van der Waals surface area contributed by atoms with Crippen molar-refractivity contribution in [2.75, 3.05) is 6.61 Å². The summed E-state index contributed by atoms with van der Waals surface area (Å²) in [7, 11) is 0. The van der Waals surface area contributed by atoms with Gasteiger partial charge in [-0.2, -0.15) is 0 Å². The van der Waals surface area contributed by atoms with Crippen LogP contribution >= 0.6 is 0 Å². The number of unbranched alkanes of at least 4 members (excludes halogenated alkanes) is 48. The second kappa shape index (κ2) is 60.2. The van der Waals surface area contributed by atoms with Crippen molar-refractivity contribution in [1.29, 1.82) is 0 Å². The molecule has 1 amide bonds. The van der Waals surface area contributed by atoms with E-state index in [0.29, 0.717) is 12.8 Å². The van der Waals surface area contributed by atoms with Gasteiger partial charge in [-0.05, 0) is 44.9 Å². The van der Waals surface area contributed by atoms with Crippen LogP contribution in [0.2, 0.25) is 0 Å². The predicted octanol–water partition coefficient (Wildman–Crippen LogP) is 21.0. The molecule has 4 heteroatoms. The quantitative estimate of drug-likeness (QED) is 0.0420. The highest BCUT2D eigenvalue weighted by Crippen LogP contribution is 2.18. The van der Waals surface area contributed by atoms with Gasteiger partial charge in [-0.25, -0.2) is 0 Å². The van der Waals surface area contributed by atoms with Crippen LogP contribution in [0.5, 0.6) is 0 Å². The number of allylic oxidation sites excluding steroid dienone is 4. The third-order valence-electron chi connectivity index (χ3n) is 15.0. The van der Waals surface area contributed by atoms with E-state index in [1.54, 1.807) is 0 Å². The highest BCUT2D eigenvalue weighted by atomic mass is 16.3. The first-order valence-electron chi connectivity index (χ1n) is 31.5. The highest BCUT2D eigenvalue weighted by Gasteiger charge is 2.20. The van der Waals surface area contributed by atoms with Gasteiger partial charge in [-0.15, -0.1) is 0 Å². The maximum atomic E-state index is 12.5. The van der Waals surface area contributed by atoms with E-state index in [0.717, 1.165) is 32.1 Å². The third-order valence-corrected chi connectivity index (χ3v) is 15.0. The summed E-state index contributed by atoms with van der Waals surface area (Å²) in [4.78, 5) is 12.5. The summed E-state index contributed by atoms with van der Waals surface area (Å²) >= 11 is 0. The van der Waals surface area contributed by atoms with Crippen LogP contribution < -0.4 is 5.32 Å². The zero-order chi connectivity index (χ0) is 49.2. The van der Waals surface area contributed by atoms with Crippen molar-refractivity contribution in [2.45, 2.75) is 373 Å². The van der Waals surface area contributed by atoms with Crippen molar-refractivity contribution in [3.05, 3.63) is 24.3 Å². The molecule has 0 saturated carbocycles. The van der Waals surface area contributed by atoms with E-state index in [4.69, 9.17) is 0 Å². The van der Waals surface area contributed by atoms with Crippen LogP contribution in [0, 0.1) is 0 Å². The minimum atomic E-state index is -0.659. The summed E-state index contributed by atoms with van der Waals surface area (Å²) in [6.07, 6.45) is 80.6. The average Bonchev–Trinajstić information content (AvgIpc) is 3.34. The smallest absolute Gasteiger partial charge is 0.220 e. The Morgan fingerprint density at radius 2 is 0.603 bits per heavy atom. The van der Waals surface area contributed by atoms with Crippen LogP contribution in [0.3, 0.4) is 0 Å². The maximum absolute atomic E-state index is 12.5. The van der Waals surface area contributed by atoms with Crippen LogP contribution in [0.1, 0.15) is 361 Å². The van der Waals surface area contributed by atoms with Crippen molar-refractivity contribution >= 4 is 5.91 Å². The first-order valence-corrected chi connectivity index (χ1v) is 31.5. The molecule has 2 unspecified atom stereocenters. The van der Waals surface area contributed by atoms with Crippen molar-refractivity contribution in [2.24, 2.45) is 0 Å². The molecular weight excluding hydrogens is 831 g/mol. The first-order chi connectivity index (χ1) is 33.7. The van der Waals surface area contributed by atoms with Gasteiger partial charge in [0.15, 0.2) is 0 Å². The van der Waals surface area contributed by atoms with Crippen molar-refractivity contribution in [3.63, 3.8) is 0 Å². The second-order valence-electron chi connectivity index (χ2n) is 21.8. The maximum Gasteiger partial charge on any atom is 0.220 e. The number of hydrogen-bond donors (Lipinski definition) is 3. The van der Waals surface area contributed by atoms with E-state index in [1.165, 1.54) is 302 Å². The molecule has 0 heterocycles. The van der Waals surface area contributed by atoms with Crippen LogP contribution in [0.25, 0.3) is 0 Å². The third kappa shape index (κ3) is 55.8. The molecule has 0 aromatic heterocycles. The lowest BCUT2D eigenvalue weighted by Gasteiger charge is -2.22. The number of hydrogen-bond acceptors (Lipinski definition) is 3. The van der Waals surface area contributed by atoms with Gasteiger partial charge in [0.2, 0.25) is 5.91 Å². The van der Waals surface area contributed by atoms with E-state index in [1.807, 2.05) is 0 Å². The Bertz CT molecular complexity index is 994. The molecule has 0 aliphatic carbocycles. The molecule has 404 valence electrons. The lowest BCUT2D eigenvalue weighted by Crippen LogP contribution is -2.45. The summed E-state index contributed by atoms with van der Waals surface area (Å²) in [5.41, 5.74) is 0. The Balaban J connectivity index is 3.41. The molecule has 4 nitrogen and oxygen atoms in total. The number of amides is 1. The SMILES string of the molecule is CCCCCCCCCCC/C=C\C/C=C\CCCCCCCCCCCCCCCCCCCC(=O)NC(CO)C(O)CCCCCCCCCCCCCCCCCCCCCCCCC. The zero-order valence-corrected chi connectivity index (χ0v) is 46.7. The molecule has 68 heavy (non-hydrogen) atoms.